The van der Waals surface area contributed by atoms with Crippen LogP contribution >= 0.6 is 0 Å². The van der Waals surface area contributed by atoms with Gasteiger partial charge in [0.25, 0.3) is 0 Å². The van der Waals surface area contributed by atoms with Gasteiger partial charge in [-0.2, -0.15) is 0 Å². The van der Waals surface area contributed by atoms with Gasteiger partial charge in [0.1, 0.15) is 5.75 Å². The molecule has 1 heterocycles. The first kappa shape index (κ1) is 17.2. The molecule has 24 heavy (non-hydrogen) atoms. The number of benzene rings is 1. The van der Waals surface area contributed by atoms with Crippen LogP contribution < -0.4 is 4.74 Å². The smallest absolute Gasteiger partial charge is 0.226 e. The summed E-state index contributed by atoms with van der Waals surface area (Å²) >= 11 is 0. The monoisotopic (exact) mass is 332 g/mol. The molecular weight excluding hydrogens is 304 g/mol. The molecule has 132 valence electrons. The van der Waals surface area contributed by atoms with Crippen molar-refractivity contribution in [3.8, 4) is 5.75 Å². The standard InChI is InChI=1S/C19H28N2O3/c1-23-13-12-20-8-3-9-21(11-10-20)19(22)18-14-17(18)15-4-6-16(24-2)7-5-15/h4-7,17-18H,3,8-14H2,1-2H3. The molecule has 2 unspecified atom stereocenters. The highest BCUT2D eigenvalue weighted by atomic mass is 16.5. The molecule has 1 aromatic carbocycles. The predicted octanol–water partition coefficient (Wildman–Crippen LogP) is 1.98. The lowest BCUT2D eigenvalue weighted by molar-refractivity contribution is -0.132. The van der Waals surface area contributed by atoms with Crippen LogP contribution in [0.25, 0.3) is 0 Å². The van der Waals surface area contributed by atoms with Crippen LogP contribution in [0.3, 0.4) is 0 Å². The van der Waals surface area contributed by atoms with Crippen LogP contribution in [0.15, 0.2) is 24.3 Å². The minimum Gasteiger partial charge on any atom is -0.497 e. The van der Waals surface area contributed by atoms with Crippen molar-refractivity contribution in [1.29, 1.82) is 0 Å². The molecule has 1 saturated heterocycles. The highest BCUT2D eigenvalue weighted by molar-refractivity contribution is 5.83. The Bertz CT molecular complexity index is 546. The van der Waals surface area contributed by atoms with E-state index in [0.29, 0.717) is 11.8 Å². The molecule has 2 fully saturated rings. The molecule has 1 saturated carbocycles. The van der Waals surface area contributed by atoms with E-state index in [-0.39, 0.29) is 5.92 Å². The summed E-state index contributed by atoms with van der Waals surface area (Å²) in [7, 11) is 3.41. The fourth-order valence-corrected chi connectivity index (χ4v) is 3.56. The molecule has 1 aromatic rings. The zero-order valence-corrected chi connectivity index (χ0v) is 14.7. The second kappa shape index (κ2) is 7.99. The Balaban J connectivity index is 1.52. The van der Waals surface area contributed by atoms with E-state index >= 15 is 0 Å². The first-order chi connectivity index (χ1) is 11.7. The fraction of sp³-hybridized carbons (Fsp3) is 0.632. The van der Waals surface area contributed by atoms with Gasteiger partial charge < -0.3 is 14.4 Å². The molecule has 1 aliphatic heterocycles. The van der Waals surface area contributed by atoms with Crippen molar-refractivity contribution < 1.29 is 14.3 Å². The average molecular weight is 332 g/mol. The average Bonchev–Trinajstić information content (AvgIpc) is 3.43. The zero-order chi connectivity index (χ0) is 16.9. The molecule has 0 bridgehead atoms. The molecule has 3 rings (SSSR count). The maximum Gasteiger partial charge on any atom is 0.226 e. The third-order valence-electron chi connectivity index (χ3n) is 5.16. The lowest BCUT2D eigenvalue weighted by Crippen LogP contribution is -2.37. The van der Waals surface area contributed by atoms with Gasteiger partial charge in [0.15, 0.2) is 0 Å². The normalized spacial score (nSPS) is 24.5. The summed E-state index contributed by atoms with van der Waals surface area (Å²) in [5.41, 5.74) is 1.26. The van der Waals surface area contributed by atoms with Crippen molar-refractivity contribution in [3.63, 3.8) is 0 Å². The third kappa shape index (κ3) is 4.08. The predicted molar refractivity (Wildman–Crippen MR) is 93.4 cm³/mol. The van der Waals surface area contributed by atoms with E-state index in [1.54, 1.807) is 14.2 Å². The zero-order valence-electron chi connectivity index (χ0n) is 14.7. The SMILES string of the molecule is COCCN1CCCN(C(=O)C2CC2c2ccc(OC)cc2)CC1. The molecule has 2 aliphatic rings. The lowest BCUT2D eigenvalue weighted by atomic mass is 10.1. The first-order valence-corrected chi connectivity index (χ1v) is 8.87. The summed E-state index contributed by atoms with van der Waals surface area (Å²) < 4.78 is 10.4. The minimum absolute atomic E-state index is 0.170. The third-order valence-corrected chi connectivity index (χ3v) is 5.16. The van der Waals surface area contributed by atoms with Gasteiger partial charge >= 0.3 is 0 Å². The number of carbonyl (C=O) groups is 1. The summed E-state index contributed by atoms with van der Waals surface area (Å²) in [5, 5.41) is 0. The molecule has 1 aliphatic carbocycles. The Hall–Kier alpha value is -1.59. The van der Waals surface area contributed by atoms with Crippen LogP contribution in [-0.2, 0) is 9.53 Å². The van der Waals surface area contributed by atoms with Gasteiger partial charge in [0, 0.05) is 39.2 Å². The second-order valence-electron chi connectivity index (χ2n) is 6.74. The number of ether oxygens (including phenoxy) is 2. The lowest BCUT2D eigenvalue weighted by Gasteiger charge is -2.22. The van der Waals surface area contributed by atoms with Crippen molar-refractivity contribution in [2.24, 2.45) is 5.92 Å². The Morgan fingerprint density at radius 1 is 1.12 bits per heavy atom. The van der Waals surface area contributed by atoms with Gasteiger partial charge in [-0.3, -0.25) is 9.69 Å². The van der Waals surface area contributed by atoms with Crippen LogP contribution in [0.5, 0.6) is 5.75 Å². The van der Waals surface area contributed by atoms with E-state index in [9.17, 15) is 4.79 Å². The Kier molecular flexibility index (Phi) is 5.74. The number of rotatable bonds is 6. The van der Waals surface area contributed by atoms with Crippen LogP contribution in [0, 0.1) is 5.92 Å². The number of amides is 1. The van der Waals surface area contributed by atoms with Crippen molar-refractivity contribution in [3.05, 3.63) is 29.8 Å². The van der Waals surface area contributed by atoms with Gasteiger partial charge in [0.05, 0.1) is 13.7 Å². The van der Waals surface area contributed by atoms with Crippen molar-refractivity contribution in [2.45, 2.75) is 18.8 Å². The summed E-state index contributed by atoms with van der Waals surface area (Å²) in [6.45, 7) is 5.45. The Morgan fingerprint density at radius 2 is 1.92 bits per heavy atom. The van der Waals surface area contributed by atoms with E-state index in [2.05, 4.69) is 21.9 Å². The maximum atomic E-state index is 12.8. The molecule has 0 spiro atoms. The molecule has 0 aromatic heterocycles. The van der Waals surface area contributed by atoms with Crippen LogP contribution in [-0.4, -0.2) is 69.3 Å². The summed E-state index contributed by atoms with van der Waals surface area (Å²) in [6, 6.07) is 8.14. The van der Waals surface area contributed by atoms with Crippen LogP contribution in [0.1, 0.15) is 24.3 Å². The van der Waals surface area contributed by atoms with Crippen molar-refractivity contribution >= 4 is 5.91 Å². The summed E-state index contributed by atoms with van der Waals surface area (Å²) in [5.74, 6) is 1.76. The molecule has 0 N–H and O–H groups in total. The first-order valence-electron chi connectivity index (χ1n) is 8.87. The Morgan fingerprint density at radius 3 is 2.62 bits per heavy atom. The van der Waals surface area contributed by atoms with Crippen LogP contribution in [0.2, 0.25) is 0 Å². The van der Waals surface area contributed by atoms with E-state index in [4.69, 9.17) is 9.47 Å². The molecular formula is C19H28N2O3. The molecule has 0 radical (unpaired) electrons. The Labute approximate surface area is 144 Å². The highest BCUT2D eigenvalue weighted by Crippen LogP contribution is 2.48. The minimum atomic E-state index is 0.170. The molecule has 5 nitrogen and oxygen atoms in total. The fourth-order valence-electron chi connectivity index (χ4n) is 3.56. The number of hydrogen-bond donors (Lipinski definition) is 0. The van der Waals surface area contributed by atoms with Crippen molar-refractivity contribution in [1.82, 2.24) is 9.80 Å². The van der Waals surface area contributed by atoms with Gasteiger partial charge in [-0.25, -0.2) is 0 Å². The topological polar surface area (TPSA) is 42.0 Å². The molecule has 5 heteroatoms. The van der Waals surface area contributed by atoms with Gasteiger partial charge in [-0.1, -0.05) is 12.1 Å². The van der Waals surface area contributed by atoms with E-state index in [1.807, 2.05) is 12.1 Å². The largest absolute Gasteiger partial charge is 0.497 e. The number of carbonyl (C=O) groups excluding carboxylic acids is 1. The van der Waals surface area contributed by atoms with E-state index in [0.717, 1.165) is 57.9 Å². The number of methoxy groups -OCH3 is 2. The van der Waals surface area contributed by atoms with E-state index < -0.39 is 0 Å². The van der Waals surface area contributed by atoms with Gasteiger partial charge in [-0.05, 0) is 43.0 Å². The highest BCUT2D eigenvalue weighted by Gasteiger charge is 2.45. The molecule has 1 amide bonds. The number of hydrogen-bond acceptors (Lipinski definition) is 4. The van der Waals surface area contributed by atoms with Crippen molar-refractivity contribution in [2.75, 3.05) is 53.6 Å². The quantitative estimate of drug-likeness (QED) is 0.799. The maximum absolute atomic E-state index is 12.8. The van der Waals surface area contributed by atoms with Gasteiger partial charge in [-0.15, -0.1) is 0 Å². The van der Waals surface area contributed by atoms with Crippen LogP contribution in [0.4, 0.5) is 0 Å². The molecule has 2 atom stereocenters. The second-order valence-corrected chi connectivity index (χ2v) is 6.74. The van der Waals surface area contributed by atoms with E-state index in [1.165, 1.54) is 5.56 Å². The number of nitrogens with zero attached hydrogens (tertiary/aromatic N) is 2. The summed E-state index contributed by atoms with van der Waals surface area (Å²) in [6.07, 6.45) is 2.03. The summed E-state index contributed by atoms with van der Waals surface area (Å²) in [4.78, 5) is 17.3. The van der Waals surface area contributed by atoms with Gasteiger partial charge in [0.2, 0.25) is 5.91 Å².